The van der Waals surface area contributed by atoms with Gasteiger partial charge in [0.1, 0.15) is 0 Å². The van der Waals surface area contributed by atoms with Gasteiger partial charge in [0.2, 0.25) is 0 Å². The van der Waals surface area contributed by atoms with Crippen molar-refractivity contribution in [1.82, 2.24) is 0 Å². The van der Waals surface area contributed by atoms with Gasteiger partial charge in [-0.3, -0.25) is 0 Å². The Balaban J connectivity index is 2.70. The molecule has 1 aliphatic heterocycles. The lowest BCUT2D eigenvalue weighted by atomic mass is 10.2. The Morgan fingerprint density at radius 1 is 1.62 bits per heavy atom. The van der Waals surface area contributed by atoms with E-state index in [-0.39, 0.29) is 0 Å². The van der Waals surface area contributed by atoms with Gasteiger partial charge in [-0.1, -0.05) is 6.92 Å². The second-order valence-corrected chi connectivity index (χ2v) is 1.98. The fraction of sp³-hybridized carbons (Fsp3) is 0.667. The van der Waals surface area contributed by atoms with E-state index in [4.69, 9.17) is 0 Å². The largest absolute Gasteiger partial charge is 0.184 e. The van der Waals surface area contributed by atoms with Crippen LogP contribution in [0.3, 0.4) is 0 Å². The summed E-state index contributed by atoms with van der Waals surface area (Å²) < 4.78 is 0. The molecular formula is C6H10N2. The predicted molar refractivity (Wildman–Crippen MR) is 32.7 cm³/mol. The summed E-state index contributed by atoms with van der Waals surface area (Å²) in [6.45, 7) is 5.01. The van der Waals surface area contributed by atoms with Gasteiger partial charge in [0, 0.05) is 0 Å². The van der Waals surface area contributed by atoms with Crippen LogP contribution in [0.5, 0.6) is 0 Å². The van der Waals surface area contributed by atoms with Crippen LogP contribution in [0, 0.1) is 0 Å². The summed E-state index contributed by atoms with van der Waals surface area (Å²) in [5, 5.41) is 7.81. The molecule has 1 rings (SSSR count). The van der Waals surface area contributed by atoms with Crippen LogP contribution >= 0.6 is 0 Å². The SMILES string of the molecule is CCC1=C(C)CN=N1. The minimum atomic E-state index is 0.823. The summed E-state index contributed by atoms with van der Waals surface area (Å²) in [4.78, 5) is 0. The molecule has 8 heavy (non-hydrogen) atoms. The van der Waals surface area contributed by atoms with E-state index in [0.717, 1.165) is 13.0 Å². The lowest BCUT2D eigenvalue weighted by molar-refractivity contribution is 1.02. The number of allylic oxidation sites excluding steroid dienone is 1. The molecule has 0 aromatic carbocycles. The molecule has 44 valence electrons. The van der Waals surface area contributed by atoms with Gasteiger partial charge in [0.25, 0.3) is 0 Å². The van der Waals surface area contributed by atoms with Gasteiger partial charge >= 0.3 is 0 Å². The van der Waals surface area contributed by atoms with E-state index in [1.807, 2.05) is 0 Å². The number of nitrogens with zero attached hydrogens (tertiary/aromatic N) is 2. The lowest BCUT2D eigenvalue weighted by Gasteiger charge is -1.89. The number of hydrogen-bond donors (Lipinski definition) is 0. The van der Waals surface area contributed by atoms with Gasteiger partial charge in [-0.15, -0.1) is 0 Å². The Bertz CT molecular complexity index is 145. The van der Waals surface area contributed by atoms with Crippen LogP contribution in [-0.2, 0) is 0 Å². The topological polar surface area (TPSA) is 24.7 Å². The van der Waals surface area contributed by atoms with Crippen LogP contribution in [-0.4, -0.2) is 6.54 Å². The number of hydrogen-bond acceptors (Lipinski definition) is 2. The molecule has 2 heteroatoms. The monoisotopic (exact) mass is 110 g/mol. The van der Waals surface area contributed by atoms with Crippen molar-refractivity contribution in [2.24, 2.45) is 10.2 Å². The zero-order valence-electron chi connectivity index (χ0n) is 5.31. The van der Waals surface area contributed by atoms with Crippen molar-refractivity contribution in [3.63, 3.8) is 0 Å². The van der Waals surface area contributed by atoms with Gasteiger partial charge in [0.15, 0.2) is 0 Å². The summed E-state index contributed by atoms with van der Waals surface area (Å²) in [5.41, 5.74) is 2.50. The standard InChI is InChI=1S/C6H10N2/c1-3-6-5(2)4-7-8-6/h3-4H2,1-2H3. The summed E-state index contributed by atoms with van der Waals surface area (Å²) in [6, 6.07) is 0. The van der Waals surface area contributed by atoms with Gasteiger partial charge in [-0.25, -0.2) is 0 Å². The van der Waals surface area contributed by atoms with Crippen molar-refractivity contribution in [3.05, 3.63) is 11.3 Å². The third-order valence-corrected chi connectivity index (χ3v) is 1.33. The zero-order chi connectivity index (χ0) is 5.98. The number of azo groups is 1. The minimum absolute atomic E-state index is 0.823. The van der Waals surface area contributed by atoms with Gasteiger partial charge < -0.3 is 0 Å². The van der Waals surface area contributed by atoms with Crippen LogP contribution in [0.4, 0.5) is 0 Å². The van der Waals surface area contributed by atoms with E-state index in [2.05, 4.69) is 24.1 Å². The van der Waals surface area contributed by atoms with Gasteiger partial charge in [-0.05, 0) is 18.9 Å². The third-order valence-electron chi connectivity index (χ3n) is 1.33. The van der Waals surface area contributed by atoms with E-state index in [9.17, 15) is 0 Å². The maximum Gasteiger partial charge on any atom is 0.0832 e. The Hall–Kier alpha value is -0.660. The first kappa shape index (κ1) is 5.48. The van der Waals surface area contributed by atoms with Crippen LogP contribution in [0.1, 0.15) is 20.3 Å². The first-order chi connectivity index (χ1) is 3.84. The molecule has 0 bridgehead atoms. The van der Waals surface area contributed by atoms with E-state index in [1.54, 1.807) is 0 Å². The van der Waals surface area contributed by atoms with E-state index in [1.165, 1.54) is 11.3 Å². The van der Waals surface area contributed by atoms with Crippen molar-refractivity contribution >= 4 is 0 Å². The van der Waals surface area contributed by atoms with Crippen molar-refractivity contribution in [2.45, 2.75) is 20.3 Å². The molecule has 0 fully saturated rings. The summed E-state index contributed by atoms with van der Waals surface area (Å²) in [7, 11) is 0. The van der Waals surface area contributed by atoms with Crippen molar-refractivity contribution in [3.8, 4) is 0 Å². The van der Waals surface area contributed by atoms with Crippen LogP contribution in [0.15, 0.2) is 21.5 Å². The van der Waals surface area contributed by atoms with Crippen molar-refractivity contribution in [1.29, 1.82) is 0 Å². The fourth-order valence-electron chi connectivity index (χ4n) is 0.776. The van der Waals surface area contributed by atoms with E-state index < -0.39 is 0 Å². The highest BCUT2D eigenvalue weighted by atomic mass is 15.1. The molecular weight excluding hydrogens is 100 g/mol. The zero-order valence-corrected chi connectivity index (χ0v) is 5.31. The molecule has 0 spiro atoms. The molecule has 0 saturated carbocycles. The predicted octanol–water partition coefficient (Wildman–Crippen LogP) is 2.14. The average molecular weight is 110 g/mol. The maximum atomic E-state index is 3.94. The smallest absolute Gasteiger partial charge is 0.0832 e. The van der Waals surface area contributed by atoms with Crippen molar-refractivity contribution < 1.29 is 0 Å². The highest BCUT2D eigenvalue weighted by Crippen LogP contribution is 2.16. The molecule has 0 atom stereocenters. The highest BCUT2D eigenvalue weighted by Gasteiger charge is 2.02. The molecule has 0 radical (unpaired) electrons. The Labute approximate surface area is 49.3 Å². The quantitative estimate of drug-likeness (QED) is 0.494. The average Bonchev–Trinajstić information content (AvgIpc) is 2.14. The van der Waals surface area contributed by atoms with E-state index >= 15 is 0 Å². The summed E-state index contributed by atoms with van der Waals surface area (Å²) in [5.74, 6) is 0. The fourth-order valence-corrected chi connectivity index (χ4v) is 0.776. The Morgan fingerprint density at radius 2 is 2.38 bits per heavy atom. The molecule has 0 amide bonds. The molecule has 0 saturated heterocycles. The molecule has 0 aromatic rings. The van der Waals surface area contributed by atoms with Gasteiger partial charge in [-0.2, -0.15) is 10.2 Å². The van der Waals surface area contributed by atoms with Crippen LogP contribution < -0.4 is 0 Å². The molecule has 0 aromatic heterocycles. The second kappa shape index (κ2) is 2.07. The first-order valence-corrected chi connectivity index (χ1v) is 2.90. The second-order valence-electron chi connectivity index (χ2n) is 1.98. The first-order valence-electron chi connectivity index (χ1n) is 2.90. The molecule has 2 nitrogen and oxygen atoms in total. The van der Waals surface area contributed by atoms with Crippen LogP contribution in [0.25, 0.3) is 0 Å². The molecule has 0 aliphatic carbocycles. The summed E-state index contributed by atoms with van der Waals surface area (Å²) in [6.07, 6.45) is 1.02. The maximum absolute atomic E-state index is 3.94. The highest BCUT2D eigenvalue weighted by molar-refractivity contribution is 5.14. The minimum Gasteiger partial charge on any atom is -0.184 e. The molecule has 0 N–H and O–H groups in total. The molecule has 1 heterocycles. The van der Waals surface area contributed by atoms with Gasteiger partial charge in [0.05, 0.1) is 12.2 Å². The third kappa shape index (κ3) is 0.782. The Kier molecular flexibility index (Phi) is 1.42. The van der Waals surface area contributed by atoms with Crippen LogP contribution in [0.2, 0.25) is 0 Å². The van der Waals surface area contributed by atoms with Crippen molar-refractivity contribution in [2.75, 3.05) is 6.54 Å². The molecule has 0 unspecified atom stereocenters. The summed E-state index contributed by atoms with van der Waals surface area (Å²) >= 11 is 0. The molecule has 1 aliphatic rings. The van der Waals surface area contributed by atoms with E-state index in [0.29, 0.717) is 0 Å². The normalized spacial score (nSPS) is 18.2. The Morgan fingerprint density at radius 3 is 2.62 bits per heavy atom. The lowest BCUT2D eigenvalue weighted by Crippen LogP contribution is -1.78. The number of rotatable bonds is 1.